The van der Waals surface area contributed by atoms with Gasteiger partial charge in [0.05, 0.1) is 0 Å². The Kier molecular flexibility index (Phi) is 3.38. The molecule has 1 aliphatic rings. The molecular weight excluding hydrogens is 216 g/mol. The Morgan fingerprint density at radius 2 is 2.24 bits per heavy atom. The first-order valence-corrected chi connectivity index (χ1v) is 6.28. The third-order valence-corrected chi connectivity index (χ3v) is 3.13. The van der Waals surface area contributed by atoms with Crippen LogP contribution in [-0.4, -0.2) is 36.3 Å². The highest BCUT2D eigenvalue weighted by Gasteiger charge is 2.29. The predicted octanol–water partition coefficient (Wildman–Crippen LogP) is 1.56. The van der Waals surface area contributed by atoms with Gasteiger partial charge in [-0.05, 0) is 25.0 Å². The van der Waals surface area contributed by atoms with Crippen LogP contribution in [-0.2, 0) is 5.41 Å². The molecule has 0 bridgehead atoms. The van der Waals surface area contributed by atoms with Crippen LogP contribution in [0.1, 0.15) is 39.5 Å². The number of nitrogens with zero attached hydrogens (tertiary/aromatic N) is 3. The molecule has 1 fully saturated rings. The standard InChI is InChI=1S/C12H22N4O/c1-12(2,3)10-14-11(15-17-10)16-7-5-6-9(16)8-13-4/h9,13H,5-8H2,1-4H3. The molecule has 1 saturated heterocycles. The highest BCUT2D eigenvalue weighted by molar-refractivity contribution is 5.32. The molecule has 0 aromatic carbocycles. The fourth-order valence-corrected chi connectivity index (χ4v) is 2.18. The molecule has 0 radical (unpaired) electrons. The van der Waals surface area contributed by atoms with Gasteiger partial charge < -0.3 is 14.7 Å². The average molecular weight is 238 g/mol. The molecular formula is C12H22N4O. The maximum absolute atomic E-state index is 5.34. The Bertz CT molecular complexity index is 369. The minimum Gasteiger partial charge on any atom is -0.337 e. The van der Waals surface area contributed by atoms with Crippen LogP contribution in [0.25, 0.3) is 0 Å². The van der Waals surface area contributed by atoms with E-state index in [2.05, 4.69) is 41.1 Å². The zero-order chi connectivity index (χ0) is 12.5. The van der Waals surface area contributed by atoms with Crippen molar-refractivity contribution >= 4 is 5.95 Å². The van der Waals surface area contributed by atoms with Crippen LogP contribution >= 0.6 is 0 Å². The van der Waals surface area contributed by atoms with Crippen molar-refractivity contribution in [1.82, 2.24) is 15.5 Å². The van der Waals surface area contributed by atoms with Gasteiger partial charge in [0.2, 0.25) is 5.89 Å². The summed E-state index contributed by atoms with van der Waals surface area (Å²) in [5, 5.41) is 7.33. The Morgan fingerprint density at radius 1 is 1.47 bits per heavy atom. The van der Waals surface area contributed by atoms with Crippen LogP contribution in [0.5, 0.6) is 0 Å². The fourth-order valence-electron chi connectivity index (χ4n) is 2.18. The maximum Gasteiger partial charge on any atom is 0.266 e. The molecule has 17 heavy (non-hydrogen) atoms. The molecule has 0 aliphatic carbocycles. The maximum atomic E-state index is 5.34. The van der Waals surface area contributed by atoms with E-state index in [1.54, 1.807) is 0 Å². The molecule has 2 rings (SSSR count). The van der Waals surface area contributed by atoms with E-state index in [0.29, 0.717) is 11.9 Å². The molecule has 96 valence electrons. The quantitative estimate of drug-likeness (QED) is 0.866. The summed E-state index contributed by atoms with van der Waals surface area (Å²) in [6, 6.07) is 0.491. The van der Waals surface area contributed by atoms with Crippen molar-refractivity contribution in [2.24, 2.45) is 0 Å². The monoisotopic (exact) mass is 238 g/mol. The van der Waals surface area contributed by atoms with Crippen molar-refractivity contribution < 1.29 is 4.52 Å². The largest absolute Gasteiger partial charge is 0.337 e. The molecule has 1 aromatic heterocycles. The lowest BCUT2D eigenvalue weighted by Gasteiger charge is -2.22. The summed E-state index contributed by atoms with van der Waals surface area (Å²) in [4.78, 5) is 6.76. The summed E-state index contributed by atoms with van der Waals surface area (Å²) in [6.07, 6.45) is 2.39. The SMILES string of the molecule is CNCC1CCCN1c1noc(C(C)(C)C)n1. The van der Waals surface area contributed by atoms with E-state index < -0.39 is 0 Å². The molecule has 1 atom stereocenters. The highest BCUT2D eigenvalue weighted by atomic mass is 16.5. The van der Waals surface area contributed by atoms with Crippen molar-refractivity contribution in [1.29, 1.82) is 0 Å². The lowest BCUT2D eigenvalue weighted by molar-refractivity contribution is 0.320. The number of rotatable bonds is 3. The van der Waals surface area contributed by atoms with E-state index in [4.69, 9.17) is 4.52 Å². The number of nitrogens with one attached hydrogen (secondary N) is 1. The van der Waals surface area contributed by atoms with Crippen molar-refractivity contribution in [2.75, 3.05) is 25.0 Å². The second-order valence-electron chi connectivity index (χ2n) is 5.70. The zero-order valence-corrected chi connectivity index (χ0v) is 11.2. The average Bonchev–Trinajstić information content (AvgIpc) is 2.82. The van der Waals surface area contributed by atoms with E-state index >= 15 is 0 Å². The fraction of sp³-hybridized carbons (Fsp3) is 0.833. The zero-order valence-electron chi connectivity index (χ0n) is 11.2. The van der Waals surface area contributed by atoms with Crippen LogP contribution in [0.4, 0.5) is 5.95 Å². The van der Waals surface area contributed by atoms with Crippen molar-refractivity contribution in [2.45, 2.75) is 45.1 Å². The molecule has 2 heterocycles. The van der Waals surface area contributed by atoms with Gasteiger partial charge in [-0.2, -0.15) is 4.98 Å². The Labute approximate surface area is 103 Å². The van der Waals surface area contributed by atoms with Gasteiger partial charge in [-0.3, -0.25) is 0 Å². The highest BCUT2D eigenvalue weighted by Crippen LogP contribution is 2.26. The number of hydrogen-bond donors (Lipinski definition) is 1. The van der Waals surface area contributed by atoms with Crippen molar-refractivity contribution in [3.8, 4) is 0 Å². The van der Waals surface area contributed by atoms with Gasteiger partial charge in [-0.15, -0.1) is 0 Å². The molecule has 1 aromatic rings. The molecule has 1 unspecified atom stereocenters. The molecule has 0 saturated carbocycles. The predicted molar refractivity (Wildman–Crippen MR) is 67.3 cm³/mol. The molecule has 0 amide bonds. The lowest BCUT2D eigenvalue weighted by Crippen LogP contribution is -2.37. The Morgan fingerprint density at radius 3 is 2.82 bits per heavy atom. The van der Waals surface area contributed by atoms with E-state index in [9.17, 15) is 0 Å². The molecule has 1 aliphatic heterocycles. The van der Waals surface area contributed by atoms with Gasteiger partial charge >= 0.3 is 0 Å². The number of hydrogen-bond acceptors (Lipinski definition) is 5. The molecule has 5 heteroatoms. The summed E-state index contributed by atoms with van der Waals surface area (Å²) < 4.78 is 5.34. The first kappa shape index (κ1) is 12.4. The van der Waals surface area contributed by atoms with Gasteiger partial charge in [0, 0.05) is 24.5 Å². The van der Waals surface area contributed by atoms with Crippen LogP contribution in [0.3, 0.4) is 0 Å². The summed E-state index contributed by atoms with van der Waals surface area (Å²) in [7, 11) is 1.98. The van der Waals surface area contributed by atoms with Crippen molar-refractivity contribution in [3.05, 3.63) is 5.89 Å². The molecule has 5 nitrogen and oxygen atoms in total. The van der Waals surface area contributed by atoms with E-state index in [-0.39, 0.29) is 5.41 Å². The smallest absolute Gasteiger partial charge is 0.266 e. The molecule has 0 spiro atoms. The summed E-state index contributed by atoms with van der Waals surface area (Å²) in [5.74, 6) is 1.45. The number of likely N-dealkylation sites (N-methyl/N-ethyl adjacent to an activating group) is 1. The minimum absolute atomic E-state index is 0.0799. The van der Waals surface area contributed by atoms with Gasteiger partial charge in [0.1, 0.15) is 0 Å². The Balaban J connectivity index is 2.14. The van der Waals surface area contributed by atoms with Gasteiger partial charge in [-0.1, -0.05) is 20.8 Å². The van der Waals surface area contributed by atoms with Crippen molar-refractivity contribution in [3.63, 3.8) is 0 Å². The number of anilines is 1. The third-order valence-electron chi connectivity index (χ3n) is 3.13. The first-order valence-electron chi connectivity index (χ1n) is 6.28. The third kappa shape index (κ3) is 2.60. The van der Waals surface area contributed by atoms with Gasteiger partial charge in [0.25, 0.3) is 5.95 Å². The van der Waals surface area contributed by atoms with Crippen LogP contribution in [0, 0.1) is 0 Å². The second-order valence-corrected chi connectivity index (χ2v) is 5.70. The van der Waals surface area contributed by atoms with Gasteiger partial charge in [-0.25, -0.2) is 0 Å². The summed E-state index contributed by atoms with van der Waals surface area (Å²) >= 11 is 0. The van der Waals surface area contributed by atoms with Crippen LogP contribution < -0.4 is 10.2 Å². The summed E-state index contributed by atoms with van der Waals surface area (Å²) in [5.41, 5.74) is -0.0799. The summed E-state index contributed by atoms with van der Waals surface area (Å²) in [6.45, 7) is 8.24. The second kappa shape index (κ2) is 4.64. The first-order chi connectivity index (χ1) is 8.02. The Hall–Kier alpha value is -1.10. The van der Waals surface area contributed by atoms with Crippen LogP contribution in [0.2, 0.25) is 0 Å². The van der Waals surface area contributed by atoms with E-state index in [0.717, 1.165) is 19.0 Å². The van der Waals surface area contributed by atoms with Crippen LogP contribution in [0.15, 0.2) is 4.52 Å². The minimum atomic E-state index is -0.0799. The molecule has 1 N–H and O–H groups in total. The van der Waals surface area contributed by atoms with Gasteiger partial charge in [0.15, 0.2) is 0 Å². The van der Waals surface area contributed by atoms with E-state index in [1.807, 2.05) is 7.05 Å². The number of aromatic nitrogens is 2. The topological polar surface area (TPSA) is 54.2 Å². The lowest BCUT2D eigenvalue weighted by atomic mass is 9.97. The van der Waals surface area contributed by atoms with E-state index in [1.165, 1.54) is 12.8 Å². The normalized spacial score (nSPS) is 21.2.